The molecule has 0 aliphatic carbocycles. The highest BCUT2D eigenvalue weighted by molar-refractivity contribution is 5.88. The van der Waals surface area contributed by atoms with Crippen molar-refractivity contribution in [1.29, 1.82) is 0 Å². The highest BCUT2D eigenvalue weighted by Crippen LogP contribution is 2.31. The number of ether oxygens (including phenoxy) is 2. The van der Waals surface area contributed by atoms with Crippen molar-refractivity contribution in [3.8, 4) is 28.1 Å². The molecule has 2 N–H and O–H groups in total. The van der Waals surface area contributed by atoms with Gasteiger partial charge in [0.25, 0.3) is 0 Å². The van der Waals surface area contributed by atoms with E-state index in [-0.39, 0.29) is 11.7 Å². The van der Waals surface area contributed by atoms with Gasteiger partial charge in [-0.3, -0.25) is 5.32 Å². The van der Waals surface area contributed by atoms with Gasteiger partial charge in [-0.15, -0.1) is 0 Å². The molecule has 5 rings (SSSR count). The van der Waals surface area contributed by atoms with Crippen LogP contribution in [0.25, 0.3) is 34.5 Å². The molecule has 0 saturated carbocycles. The maximum absolute atomic E-state index is 12.1. The first kappa shape index (κ1) is 31.8. The van der Waals surface area contributed by atoms with E-state index in [2.05, 4.69) is 41.9 Å². The van der Waals surface area contributed by atoms with Gasteiger partial charge in [0.1, 0.15) is 11.6 Å². The highest BCUT2D eigenvalue weighted by atomic mass is 16.6. The zero-order chi connectivity index (χ0) is 32.8. The molecule has 0 unspecified atom stereocenters. The predicted octanol–water partition coefficient (Wildman–Crippen LogP) is 8.72. The summed E-state index contributed by atoms with van der Waals surface area (Å²) in [4.78, 5) is 28.4. The summed E-state index contributed by atoms with van der Waals surface area (Å²) in [5.41, 5.74) is 8.99. The number of methoxy groups -OCH3 is 1. The van der Waals surface area contributed by atoms with Gasteiger partial charge in [-0.1, -0.05) is 72.3 Å². The number of carbonyl (C=O) groups excluding carboxylic acids is 1. The lowest BCUT2D eigenvalue weighted by molar-refractivity contribution is 0.0696. The van der Waals surface area contributed by atoms with Crippen molar-refractivity contribution in [1.82, 2.24) is 9.55 Å². The van der Waals surface area contributed by atoms with E-state index >= 15 is 0 Å². The van der Waals surface area contributed by atoms with Crippen molar-refractivity contribution in [2.24, 2.45) is 0 Å². The normalized spacial score (nSPS) is 11.2. The van der Waals surface area contributed by atoms with Gasteiger partial charge in [-0.2, -0.15) is 0 Å². The number of aromatic nitrogens is 2. The number of nitrogens with zero attached hydrogens (tertiary/aromatic N) is 2. The van der Waals surface area contributed by atoms with Crippen molar-refractivity contribution in [3.05, 3.63) is 125 Å². The number of benzene rings is 4. The molecule has 0 aliphatic rings. The van der Waals surface area contributed by atoms with E-state index in [1.54, 1.807) is 39.2 Å². The molecule has 8 nitrogen and oxygen atoms in total. The van der Waals surface area contributed by atoms with Crippen LogP contribution in [0.2, 0.25) is 0 Å². The molecule has 0 spiro atoms. The lowest BCUT2D eigenvalue weighted by atomic mass is 10.0. The number of carboxylic acid groups (broad SMARTS) is 1. The maximum Gasteiger partial charge on any atom is 0.411 e. The second-order valence-electron chi connectivity index (χ2n) is 11.4. The zero-order valence-corrected chi connectivity index (χ0v) is 26.6. The molecule has 0 radical (unpaired) electrons. The Kier molecular flexibility index (Phi) is 9.67. The Morgan fingerprint density at radius 2 is 1.63 bits per heavy atom. The number of imidazole rings is 1. The van der Waals surface area contributed by atoms with Crippen molar-refractivity contribution in [2.75, 3.05) is 12.4 Å². The van der Waals surface area contributed by atoms with E-state index in [1.165, 1.54) is 5.56 Å². The van der Waals surface area contributed by atoms with Gasteiger partial charge in [0, 0.05) is 18.3 Å². The molecule has 1 heterocycles. The van der Waals surface area contributed by atoms with Crippen molar-refractivity contribution in [2.45, 2.75) is 40.3 Å². The molecule has 5 aromatic rings. The summed E-state index contributed by atoms with van der Waals surface area (Å²) < 4.78 is 12.8. The Balaban J connectivity index is 1.39. The van der Waals surface area contributed by atoms with Crippen LogP contribution in [0.1, 0.15) is 52.3 Å². The third kappa shape index (κ3) is 7.71. The quantitative estimate of drug-likeness (QED) is 0.163. The predicted molar refractivity (Wildman–Crippen MR) is 182 cm³/mol. The monoisotopic (exact) mass is 615 g/mol. The number of hydrogen-bond donors (Lipinski definition) is 2. The molecule has 1 aromatic heterocycles. The third-order valence-electron chi connectivity index (χ3n) is 7.47. The fourth-order valence-electron chi connectivity index (χ4n) is 5.16. The van der Waals surface area contributed by atoms with E-state index in [9.17, 15) is 14.7 Å². The molecule has 4 aromatic carbocycles. The lowest BCUT2D eigenvalue weighted by Crippen LogP contribution is -2.18. The molecule has 0 atom stereocenters. The van der Waals surface area contributed by atoms with Crippen LogP contribution in [0.5, 0.6) is 5.75 Å². The molecular formula is C38H37N3O5. The van der Waals surface area contributed by atoms with E-state index in [4.69, 9.17) is 14.5 Å². The number of amides is 1. The molecule has 8 heteroatoms. The Bertz CT molecular complexity index is 1890. The number of carboxylic acids is 1. The number of aromatic carboxylic acids is 1. The number of rotatable bonds is 10. The van der Waals surface area contributed by atoms with Gasteiger partial charge in [-0.05, 0) is 85.9 Å². The van der Waals surface area contributed by atoms with Crippen LogP contribution in [0.4, 0.5) is 10.5 Å². The fraction of sp³-hybridized carbons (Fsp3) is 0.184. The summed E-state index contributed by atoms with van der Waals surface area (Å²) in [5, 5.41) is 12.0. The molecule has 234 valence electrons. The molecule has 0 saturated heterocycles. The Labute approximate surface area is 269 Å². The largest absolute Gasteiger partial charge is 0.495 e. The van der Waals surface area contributed by atoms with Gasteiger partial charge >= 0.3 is 12.1 Å². The summed E-state index contributed by atoms with van der Waals surface area (Å²) >= 11 is 0. The maximum atomic E-state index is 12.1. The first-order valence-corrected chi connectivity index (χ1v) is 15.0. The first-order chi connectivity index (χ1) is 22.1. The van der Waals surface area contributed by atoms with Crippen LogP contribution in [0.3, 0.4) is 0 Å². The second-order valence-corrected chi connectivity index (χ2v) is 11.4. The van der Waals surface area contributed by atoms with E-state index in [1.807, 2.05) is 66.9 Å². The van der Waals surface area contributed by atoms with Crippen LogP contribution in [0.15, 0.2) is 91.1 Å². The summed E-state index contributed by atoms with van der Waals surface area (Å²) in [5.74, 6) is 0.370. The molecule has 0 aliphatic heterocycles. The average molecular weight is 616 g/mol. The van der Waals surface area contributed by atoms with E-state index in [0.29, 0.717) is 18.0 Å². The van der Waals surface area contributed by atoms with Crippen LogP contribution in [-0.2, 0) is 11.3 Å². The average Bonchev–Trinajstić information content (AvgIpc) is 3.42. The number of hydrogen-bond acceptors (Lipinski definition) is 5. The minimum atomic E-state index is -0.946. The van der Waals surface area contributed by atoms with E-state index in [0.717, 1.165) is 44.9 Å². The Morgan fingerprint density at radius 1 is 0.913 bits per heavy atom. The second kappa shape index (κ2) is 14.0. The lowest BCUT2D eigenvalue weighted by Gasteiger charge is -2.13. The number of carbonyl (C=O) groups is 2. The third-order valence-corrected chi connectivity index (χ3v) is 7.47. The fourth-order valence-corrected chi connectivity index (χ4v) is 5.16. The van der Waals surface area contributed by atoms with Gasteiger partial charge < -0.3 is 19.1 Å². The number of anilines is 1. The summed E-state index contributed by atoms with van der Waals surface area (Å²) in [6, 6.07) is 27.0. The summed E-state index contributed by atoms with van der Waals surface area (Å²) in [7, 11) is 1.56. The first-order valence-electron chi connectivity index (χ1n) is 15.0. The zero-order valence-electron chi connectivity index (χ0n) is 26.6. The van der Waals surface area contributed by atoms with E-state index < -0.39 is 12.1 Å². The van der Waals surface area contributed by atoms with Gasteiger partial charge in [0.05, 0.1) is 30.2 Å². The standard InChI is InChI=1S/C38H37N3O5/c1-24(2)46-38(44)40-33-18-16-31(21-35(33)45-5)29-12-7-27(8-13-29)11-19-36-39-34(32-17-6-25(3)20-26(32)4)23-41(36)22-28-9-14-30(15-10-28)37(42)43/h6-21,23-24H,22H2,1-5H3,(H,40,44)(H,42,43)/b19-11+. The van der Waals surface area contributed by atoms with Crippen molar-refractivity contribution >= 4 is 29.9 Å². The molecule has 0 bridgehead atoms. The Morgan fingerprint density at radius 3 is 2.28 bits per heavy atom. The minimum Gasteiger partial charge on any atom is -0.495 e. The van der Waals surface area contributed by atoms with Crippen LogP contribution in [-0.4, -0.2) is 39.9 Å². The Hall–Kier alpha value is -5.63. The summed E-state index contributed by atoms with van der Waals surface area (Å²) in [6.07, 6.45) is 5.30. The van der Waals surface area contributed by atoms with Gasteiger partial charge in [-0.25, -0.2) is 14.6 Å². The topological polar surface area (TPSA) is 103 Å². The van der Waals surface area contributed by atoms with Crippen molar-refractivity contribution < 1.29 is 24.2 Å². The van der Waals surface area contributed by atoms with Crippen molar-refractivity contribution in [3.63, 3.8) is 0 Å². The molecule has 0 fully saturated rings. The number of aryl methyl sites for hydroxylation is 2. The molecule has 46 heavy (non-hydrogen) atoms. The summed E-state index contributed by atoms with van der Waals surface area (Å²) in [6.45, 7) is 8.29. The molecular weight excluding hydrogens is 578 g/mol. The molecule has 1 amide bonds. The van der Waals surface area contributed by atoms with Crippen LogP contribution < -0.4 is 10.1 Å². The van der Waals surface area contributed by atoms with Crippen LogP contribution in [0, 0.1) is 13.8 Å². The van der Waals surface area contributed by atoms with Gasteiger partial charge in [0.15, 0.2) is 0 Å². The minimum absolute atomic E-state index is 0.227. The van der Waals surface area contributed by atoms with Gasteiger partial charge in [0.2, 0.25) is 0 Å². The smallest absolute Gasteiger partial charge is 0.411 e. The van der Waals surface area contributed by atoms with Crippen LogP contribution >= 0.6 is 0 Å². The SMILES string of the molecule is COc1cc(-c2ccc(/C=C/c3nc(-c4ccc(C)cc4C)cn3Cc3ccc(C(=O)O)cc3)cc2)ccc1NC(=O)OC(C)C. The highest BCUT2D eigenvalue weighted by Gasteiger charge is 2.13. The number of nitrogens with one attached hydrogen (secondary N) is 1.